The lowest BCUT2D eigenvalue weighted by molar-refractivity contribution is -0.140. The van der Waals surface area contributed by atoms with Crippen LogP contribution in [0.25, 0.3) is 11.1 Å². The minimum atomic E-state index is -0.494. The number of ether oxygens (including phenoxy) is 1. The van der Waals surface area contributed by atoms with Gasteiger partial charge in [0.2, 0.25) is 17.8 Å². The monoisotopic (exact) mass is 438 g/mol. The van der Waals surface area contributed by atoms with Crippen LogP contribution in [-0.4, -0.2) is 85.0 Å². The molecule has 0 unspecified atom stereocenters. The number of likely N-dealkylation sites (tertiary alicyclic amines) is 1. The number of nitrogens with two attached hydrogens (primary N) is 1. The van der Waals surface area contributed by atoms with Crippen molar-refractivity contribution in [2.75, 3.05) is 58.3 Å². The molecule has 1 aromatic heterocycles. The van der Waals surface area contributed by atoms with Crippen LogP contribution in [0.1, 0.15) is 35.0 Å². The normalized spacial score (nSPS) is 19.2. The Labute approximate surface area is 188 Å². The molecule has 2 aliphatic rings. The van der Waals surface area contributed by atoms with Crippen LogP contribution in [-0.2, 0) is 9.53 Å². The van der Waals surface area contributed by atoms with Gasteiger partial charge in [-0.05, 0) is 43.6 Å². The molecule has 4 rings (SSSR count). The van der Waals surface area contributed by atoms with Crippen molar-refractivity contribution >= 4 is 17.8 Å². The minimum absolute atomic E-state index is 0.124. The van der Waals surface area contributed by atoms with Crippen molar-refractivity contribution in [1.82, 2.24) is 19.8 Å². The van der Waals surface area contributed by atoms with E-state index >= 15 is 0 Å². The van der Waals surface area contributed by atoms with E-state index in [2.05, 4.69) is 9.88 Å². The predicted octanol–water partition coefficient (Wildman–Crippen LogP) is 1.30. The summed E-state index contributed by atoms with van der Waals surface area (Å²) in [6, 6.07) is 7.09. The third kappa shape index (κ3) is 4.89. The average molecular weight is 439 g/mol. The van der Waals surface area contributed by atoms with Gasteiger partial charge in [0.05, 0.1) is 25.4 Å². The fourth-order valence-electron chi connectivity index (χ4n) is 4.18. The molecule has 2 aliphatic heterocycles. The summed E-state index contributed by atoms with van der Waals surface area (Å²) in [6.07, 6.45) is 3.66. The smallest absolute Gasteiger partial charge is 0.248 e. The van der Waals surface area contributed by atoms with E-state index in [1.807, 2.05) is 30.0 Å². The zero-order valence-electron chi connectivity index (χ0n) is 18.7. The molecule has 170 valence electrons. The van der Waals surface area contributed by atoms with Crippen LogP contribution in [0.4, 0.5) is 5.95 Å². The van der Waals surface area contributed by atoms with Gasteiger partial charge in [0.15, 0.2) is 0 Å². The third-order valence-electron chi connectivity index (χ3n) is 5.95. The summed E-state index contributed by atoms with van der Waals surface area (Å²) < 4.78 is 6.08. The molecule has 1 atom stereocenters. The van der Waals surface area contributed by atoms with E-state index in [0.717, 1.165) is 37.1 Å². The first-order chi connectivity index (χ1) is 15.4. The van der Waals surface area contributed by atoms with Crippen LogP contribution >= 0.6 is 0 Å². The maximum absolute atomic E-state index is 12.9. The molecular weight excluding hydrogens is 408 g/mol. The third-order valence-corrected chi connectivity index (χ3v) is 5.95. The molecule has 0 aliphatic carbocycles. The number of hydrogen-bond acceptors (Lipinski definition) is 7. The van der Waals surface area contributed by atoms with Gasteiger partial charge in [0.25, 0.3) is 0 Å². The number of morpholine rings is 1. The van der Waals surface area contributed by atoms with Gasteiger partial charge in [-0.1, -0.05) is 12.1 Å². The van der Waals surface area contributed by atoms with Gasteiger partial charge in [-0.25, -0.2) is 9.97 Å². The van der Waals surface area contributed by atoms with E-state index in [1.54, 1.807) is 24.4 Å². The molecule has 9 heteroatoms. The van der Waals surface area contributed by atoms with Gasteiger partial charge in [-0.15, -0.1) is 0 Å². The van der Waals surface area contributed by atoms with Gasteiger partial charge < -0.3 is 20.3 Å². The SMILES string of the molecule is CN(C)c1ncc(-c2cccc(C(N)=O)c2)c([C@H]2CN(C(=O)CN3CCCC3)CCO2)n1. The number of hydrogen-bond donors (Lipinski definition) is 1. The zero-order valence-corrected chi connectivity index (χ0v) is 18.7. The average Bonchev–Trinajstić information content (AvgIpc) is 3.32. The number of amides is 2. The first-order valence-corrected chi connectivity index (χ1v) is 11.0. The van der Waals surface area contributed by atoms with Crippen LogP contribution in [0.2, 0.25) is 0 Å². The van der Waals surface area contributed by atoms with Crippen LogP contribution in [0.15, 0.2) is 30.5 Å². The first kappa shape index (κ1) is 22.2. The Balaban J connectivity index is 1.63. The van der Waals surface area contributed by atoms with Crippen molar-refractivity contribution in [1.29, 1.82) is 0 Å². The highest BCUT2D eigenvalue weighted by molar-refractivity contribution is 5.94. The Morgan fingerprint density at radius 1 is 1.22 bits per heavy atom. The molecule has 2 aromatic rings. The largest absolute Gasteiger partial charge is 0.368 e. The van der Waals surface area contributed by atoms with Crippen LogP contribution in [0, 0.1) is 0 Å². The van der Waals surface area contributed by atoms with Crippen molar-refractivity contribution in [2.45, 2.75) is 18.9 Å². The standard InChI is InChI=1S/C23H30N6O3/c1-27(2)23-25-13-18(16-6-5-7-17(12-16)22(24)31)21(26-23)19-14-29(10-11-32-19)20(30)15-28-8-3-4-9-28/h5-7,12-13,19H,3-4,8-11,14-15H2,1-2H3,(H2,24,31)/t19-/m1/s1. The fourth-order valence-corrected chi connectivity index (χ4v) is 4.18. The Morgan fingerprint density at radius 2 is 2.00 bits per heavy atom. The second kappa shape index (κ2) is 9.62. The van der Waals surface area contributed by atoms with E-state index in [0.29, 0.717) is 43.4 Å². The Hall–Kier alpha value is -3.04. The lowest BCUT2D eigenvalue weighted by Crippen LogP contribution is -2.46. The van der Waals surface area contributed by atoms with Gasteiger partial charge in [0.1, 0.15) is 6.10 Å². The second-order valence-electron chi connectivity index (χ2n) is 8.49. The Kier molecular flexibility index (Phi) is 6.66. The summed E-state index contributed by atoms with van der Waals surface area (Å²) in [7, 11) is 3.75. The summed E-state index contributed by atoms with van der Waals surface area (Å²) in [4.78, 5) is 39.7. The van der Waals surface area contributed by atoms with E-state index < -0.39 is 5.91 Å². The number of carbonyl (C=O) groups is 2. The summed E-state index contributed by atoms with van der Waals surface area (Å²) in [5.41, 5.74) is 8.13. The molecule has 0 radical (unpaired) electrons. The number of anilines is 1. The molecule has 9 nitrogen and oxygen atoms in total. The topological polar surface area (TPSA) is 105 Å². The molecule has 2 N–H and O–H groups in total. The number of aromatic nitrogens is 2. The van der Waals surface area contributed by atoms with E-state index in [1.165, 1.54) is 0 Å². The molecule has 0 spiro atoms. The zero-order chi connectivity index (χ0) is 22.7. The van der Waals surface area contributed by atoms with E-state index in [9.17, 15) is 9.59 Å². The van der Waals surface area contributed by atoms with Gasteiger partial charge in [0, 0.05) is 38.0 Å². The summed E-state index contributed by atoms with van der Waals surface area (Å²) in [5, 5.41) is 0. The molecule has 1 aromatic carbocycles. The van der Waals surface area contributed by atoms with Gasteiger partial charge in [-0.3, -0.25) is 14.5 Å². The highest BCUT2D eigenvalue weighted by Gasteiger charge is 2.30. The van der Waals surface area contributed by atoms with Crippen LogP contribution < -0.4 is 10.6 Å². The number of carbonyl (C=O) groups excluding carboxylic acids is 2. The maximum Gasteiger partial charge on any atom is 0.248 e. The summed E-state index contributed by atoms with van der Waals surface area (Å²) in [6.45, 7) is 3.86. The molecule has 32 heavy (non-hydrogen) atoms. The Bertz CT molecular complexity index is 989. The molecular formula is C23H30N6O3. The van der Waals surface area contributed by atoms with Crippen molar-refractivity contribution in [3.8, 4) is 11.1 Å². The van der Waals surface area contributed by atoms with Gasteiger partial charge >= 0.3 is 0 Å². The number of primary amides is 1. The van der Waals surface area contributed by atoms with Gasteiger partial charge in [-0.2, -0.15) is 0 Å². The highest BCUT2D eigenvalue weighted by atomic mass is 16.5. The van der Waals surface area contributed by atoms with Crippen molar-refractivity contribution in [3.05, 3.63) is 41.7 Å². The fraction of sp³-hybridized carbons (Fsp3) is 0.478. The number of nitrogens with zero attached hydrogens (tertiary/aromatic N) is 5. The quantitative estimate of drug-likeness (QED) is 0.725. The summed E-state index contributed by atoms with van der Waals surface area (Å²) >= 11 is 0. The molecule has 2 fully saturated rings. The summed E-state index contributed by atoms with van der Waals surface area (Å²) in [5.74, 6) is 0.185. The lowest BCUT2D eigenvalue weighted by atomic mass is 9.99. The minimum Gasteiger partial charge on any atom is -0.368 e. The van der Waals surface area contributed by atoms with Crippen LogP contribution in [0.3, 0.4) is 0 Å². The lowest BCUT2D eigenvalue weighted by Gasteiger charge is -2.34. The molecule has 0 bridgehead atoms. The van der Waals surface area contributed by atoms with E-state index in [-0.39, 0.29) is 12.0 Å². The molecule has 2 amide bonds. The number of rotatable bonds is 6. The van der Waals surface area contributed by atoms with E-state index in [4.69, 9.17) is 15.5 Å². The second-order valence-corrected chi connectivity index (χ2v) is 8.49. The highest BCUT2D eigenvalue weighted by Crippen LogP contribution is 2.32. The first-order valence-electron chi connectivity index (χ1n) is 11.0. The molecule has 0 saturated carbocycles. The molecule has 3 heterocycles. The van der Waals surface area contributed by atoms with Crippen LogP contribution in [0.5, 0.6) is 0 Å². The Morgan fingerprint density at radius 3 is 2.72 bits per heavy atom. The molecule has 2 saturated heterocycles. The van der Waals surface area contributed by atoms with Crippen molar-refractivity contribution < 1.29 is 14.3 Å². The predicted molar refractivity (Wildman–Crippen MR) is 121 cm³/mol. The number of benzene rings is 1. The maximum atomic E-state index is 12.9. The van der Waals surface area contributed by atoms with Crippen molar-refractivity contribution in [2.24, 2.45) is 5.73 Å². The van der Waals surface area contributed by atoms with Crippen molar-refractivity contribution in [3.63, 3.8) is 0 Å².